The van der Waals surface area contributed by atoms with Gasteiger partial charge < -0.3 is 10.8 Å². The van der Waals surface area contributed by atoms with Gasteiger partial charge in [-0.2, -0.15) is 13.2 Å². The van der Waals surface area contributed by atoms with Gasteiger partial charge in [-0.1, -0.05) is 11.8 Å². The number of aliphatic carboxylic acids is 1. The Bertz CT molecular complexity index is 166. The van der Waals surface area contributed by atoms with Crippen molar-refractivity contribution in [2.75, 3.05) is 5.75 Å². The zero-order chi connectivity index (χ0) is 9.78. The minimum Gasteiger partial charge on any atom is -0.480 e. The molecule has 3 nitrogen and oxygen atoms in total. The average Bonchev–Trinajstić information content (AvgIpc) is 1.84. The van der Waals surface area contributed by atoms with E-state index in [2.05, 4.69) is 0 Å². The highest BCUT2D eigenvalue weighted by molar-refractivity contribution is 8.00. The molecule has 0 amide bonds. The molecule has 0 spiro atoms. The second kappa shape index (κ2) is 6.33. The van der Waals surface area contributed by atoms with Gasteiger partial charge in [-0.3, -0.25) is 4.79 Å². The van der Waals surface area contributed by atoms with Crippen LogP contribution in [0.5, 0.6) is 0 Å². The van der Waals surface area contributed by atoms with Gasteiger partial charge in [-0.05, 0) is 6.42 Å². The lowest BCUT2D eigenvalue weighted by Crippen LogP contribution is -2.30. The summed E-state index contributed by atoms with van der Waals surface area (Å²) in [5.74, 6) is -1.60. The summed E-state index contributed by atoms with van der Waals surface area (Å²) in [6.45, 7) is 0. The van der Waals surface area contributed by atoms with Gasteiger partial charge in [0.2, 0.25) is 0 Å². The largest absolute Gasteiger partial charge is 0.480 e. The summed E-state index contributed by atoms with van der Waals surface area (Å²) in [7, 11) is 0. The quantitative estimate of drug-likeness (QED) is 0.780. The molecule has 0 fully saturated rings. The van der Waals surface area contributed by atoms with Crippen molar-refractivity contribution in [3.8, 4) is 0 Å². The van der Waals surface area contributed by atoms with Crippen LogP contribution in [0.4, 0.5) is 13.2 Å². The Hall–Kier alpha value is -0.140. The molecule has 0 radical (unpaired) electrons. The molecular formula is C5H9ClF3NO2S. The normalized spacial score (nSPS) is 13.2. The lowest BCUT2D eigenvalue weighted by Gasteiger charge is -2.07. The van der Waals surface area contributed by atoms with Crippen LogP contribution in [0.2, 0.25) is 0 Å². The van der Waals surface area contributed by atoms with Crippen LogP contribution in [-0.2, 0) is 4.79 Å². The molecule has 0 heterocycles. The van der Waals surface area contributed by atoms with E-state index in [9.17, 15) is 18.0 Å². The van der Waals surface area contributed by atoms with Crippen LogP contribution in [0.3, 0.4) is 0 Å². The topological polar surface area (TPSA) is 63.3 Å². The van der Waals surface area contributed by atoms with Gasteiger partial charge in [-0.25, -0.2) is 0 Å². The van der Waals surface area contributed by atoms with Crippen molar-refractivity contribution in [1.29, 1.82) is 0 Å². The van der Waals surface area contributed by atoms with Crippen LogP contribution in [0.1, 0.15) is 6.42 Å². The summed E-state index contributed by atoms with van der Waals surface area (Å²) in [6.07, 6.45) is -0.181. The minimum atomic E-state index is -4.31. The highest BCUT2D eigenvalue weighted by Gasteiger charge is 2.28. The van der Waals surface area contributed by atoms with Crippen molar-refractivity contribution in [2.45, 2.75) is 18.0 Å². The second-order valence-corrected chi connectivity index (χ2v) is 3.19. The van der Waals surface area contributed by atoms with E-state index < -0.39 is 17.5 Å². The number of halogens is 4. The first-order chi connectivity index (χ1) is 5.33. The number of thioether (sulfide) groups is 1. The Morgan fingerprint density at radius 2 is 2.00 bits per heavy atom. The number of carbonyl (C=O) groups is 1. The monoisotopic (exact) mass is 239 g/mol. The van der Waals surface area contributed by atoms with E-state index in [0.717, 1.165) is 0 Å². The minimum absolute atomic E-state index is 0. The zero-order valence-corrected chi connectivity index (χ0v) is 8.01. The zero-order valence-electron chi connectivity index (χ0n) is 6.37. The van der Waals surface area contributed by atoms with Crippen molar-refractivity contribution >= 4 is 30.1 Å². The Balaban J connectivity index is 0. The maximum absolute atomic E-state index is 11.5. The summed E-state index contributed by atoms with van der Waals surface area (Å²) in [5.41, 5.74) is 0.658. The van der Waals surface area contributed by atoms with E-state index in [0.29, 0.717) is 0 Å². The maximum atomic E-state index is 11.5. The van der Waals surface area contributed by atoms with E-state index in [1.54, 1.807) is 0 Å². The lowest BCUT2D eigenvalue weighted by atomic mass is 10.2. The van der Waals surface area contributed by atoms with Crippen LogP contribution >= 0.6 is 24.2 Å². The number of nitrogens with two attached hydrogens (primary N) is 1. The van der Waals surface area contributed by atoms with Crippen LogP contribution in [0.25, 0.3) is 0 Å². The van der Waals surface area contributed by atoms with Gasteiger partial charge in [0, 0.05) is 5.75 Å². The van der Waals surface area contributed by atoms with Crippen molar-refractivity contribution in [3.63, 3.8) is 0 Å². The third-order valence-corrected chi connectivity index (χ3v) is 1.78. The molecule has 0 rings (SSSR count). The number of rotatable bonds is 4. The first kappa shape index (κ1) is 15.3. The average molecular weight is 240 g/mol. The maximum Gasteiger partial charge on any atom is 0.441 e. The Morgan fingerprint density at radius 3 is 2.31 bits per heavy atom. The third-order valence-electron chi connectivity index (χ3n) is 1.01. The summed E-state index contributed by atoms with van der Waals surface area (Å²) < 4.78 is 34.4. The molecule has 0 aliphatic heterocycles. The first-order valence-corrected chi connectivity index (χ1v) is 4.00. The molecule has 13 heavy (non-hydrogen) atoms. The van der Waals surface area contributed by atoms with Crippen LogP contribution in [-0.4, -0.2) is 28.4 Å². The van der Waals surface area contributed by atoms with E-state index >= 15 is 0 Å². The summed E-state index contributed by atoms with van der Waals surface area (Å²) in [6, 6.07) is -1.21. The van der Waals surface area contributed by atoms with Crippen LogP contribution in [0, 0.1) is 0 Å². The predicted octanol–water partition coefficient (Wildman–Crippen LogP) is 1.46. The number of alkyl halides is 3. The SMILES string of the molecule is Cl.N[C@H](CCSC(F)(F)F)C(=O)O. The van der Waals surface area contributed by atoms with Crippen molar-refractivity contribution in [2.24, 2.45) is 5.73 Å². The molecule has 0 aliphatic rings. The number of hydrogen-bond acceptors (Lipinski definition) is 3. The second-order valence-electron chi connectivity index (χ2n) is 2.03. The van der Waals surface area contributed by atoms with E-state index in [-0.39, 0.29) is 36.3 Å². The third kappa shape index (κ3) is 9.78. The molecule has 0 bridgehead atoms. The number of carboxylic acids is 1. The predicted molar refractivity (Wildman–Crippen MR) is 46.0 cm³/mol. The van der Waals surface area contributed by atoms with Gasteiger partial charge >= 0.3 is 11.5 Å². The molecule has 80 valence electrons. The van der Waals surface area contributed by atoms with E-state index in [4.69, 9.17) is 10.8 Å². The number of carboxylic acid groups (broad SMARTS) is 1. The van der Waals surface area contributed by atoms with Crippen LogP contribution in [0.15, 0.2) is 0 Å². The highest BCUT2D eigenvalue weighted by Crippen LogP contribution is 2.30. The first-order valence-electron chi connectivity index (χ1n) is 3.02. The number of hydrogen-bond donors (Lipinski definition) is 2. The molecule has 8 heteroatoms. The molecule has 3 N–H and O–H groups in total. The molecule has 0 aromatic rings. The molecule has 0 unspecified atom stereocenters. The summed E-state index contributed by atoms with van der Waals surface area (Å²) in [5, 5.41) is 8.20. The fraction of sp³-hybridized carbons (Fsp3) is 0.800. The molecular weight excluding hydrogens is 231 g/mol. The van der Waals surface area contributed by atoms with Crippen molar-refractivity contribution in [1.82, 2.24) is 0 Å². The fourth-order valence-electron chi connectivity index (χ4n) is 0.425. The highest BCUT2D eigenvalue weighted by atomic mass is 35.5. The standard InChI is InChI=1S/C5H8F3NO2S.ClH/c6-5(7,8)12-2-1-3(9)4(10)11;/h3H,1-2,9H2,(H,10,11);1H/t3-;/m1./s1. The Morgan fingerprint density at radius 1 is 1.54 bits per heavy atom. The summed E-state index contributed by atoms with van der Waals surface area (Å²) >= 11 is -0.264. The molecule has 0 saturated heterocycles. The van der Waals surface area contributed by atoms with Crippen molar-refractivity contribution < 1.29 is 23.1 Å². The smallest absolute Gasteiger partial charge is 0.441 e. The lowest BCUT2D eigenvalue weighted by molar-refractivity contribution is -0.138. The Labute approximate surface area is 83.3 Å². The Kier molecular flexibility index (Phi) is 7.47. The molecule has 0 aromatic carbocycles. The van der Waals surface area contributed by atoms with E-state index in [1.165, 1.54) is 0 Å². The van der Waals surface area contributed by atoms with Gasteiger partial charge in [-0.15, -0.1) is 12.4 Å². The van der Waals surface area contributed by atoms with E-state index in [1.807, 2.05) is 0 Å². The van der Waals surface area contributed by atoms with Crippen LogP contribution < -0.4 is 5.73 Å². The fourth-order valence-corrected chi connectivity index (χ4v) is 1.03. The molecule has 0 saturated carbocycles. The van der Waals surface area contributed by atoms with Gasteiger partial charge in [0.1, 0.15) is 6.04 Å². The summed E-state index contributed by atoms with van der Waals surface area (Å²) in [4.78, 5) is 10.0. The van der Waals surface area contributed by atoms with Gasteiger partial charge in [0.15, 0.2) is 0 Å². The van der Waals surface area contributed by atoms with Gasteiger partial charge in [0.25, 0.3) is 0 Å². The molecule has 0 aliphatic carbocycles. The molecule has 1 atom stereocenters. The molecule has 0 aromatic heterocycles. The van der Waals surface area contributed by atoms with Gasteiger partial charge in [0.05, 0.1) is 0 Å². The van der Waals surface area contributed by atoms with Crippen molar-refractivity contribution in [3.05, 3.63) is 0 Å².